The summed E-state index contributed by atoms with van der Waals surface area (Å²) in [6.45, 7) is 0. The van der Waals surface area contributed by atoms with Crippen LogP contribution in [0.3, 0.4) is 0 Å². The van der Waals surface area contributed by atoms with Crippen molar-refractivity contribution in [2.75, 3.05) is 0 Å². The summed E-state index contributed by atoms with van der Waals surface area (Å²) in [5, 5.41) is 0. The van der Waals surface area contributed by atoms with Gasteiger partial charge in [-0.05, 0) is 18.9 Å². The highest BCUT2D eigenvalue weighted by Gasteiger charge is 2.48. The van der Waals surface area contributed by atoms with Gasteiger partial charge in [0.05, 0.1) is 0 Å². The van der Waals surface area contributed by atoms with E-state index in [1.54, 1.807) is 0 Å². The Bertz CT molecular complexity index is 360. The van der Waals surface area contributed by atoms with E-state index >= 15 is 0 Å². The van der Waals surface area contributed by atoms with Crippen LogP contribution >= 0.6 is 15.9 Å². The number of hydrogen-bond acceptors (Lipinski definition) is 3. The van der Waals surface area contributed by atoms with Crippen molar-refractivity contribution in [1.29, 1.82) is 0 Å². The smallest absolute Gasteiger partial charge is 0.381 e. The lowest BCUT2D eigenvalue weighted by atomic mass is 10.1. The highest BCUT2D eigenvalue weighted by molar-refractivity contribution is 9.09. The van der Waals surface area contributed by atoms with Gasteiger partial charge in [0.15, 0.2) is 0 Å². The largest absolute Gasteiger partial charge is 0.534 e. The molecule has 1 aliphatic rings. The van der Waals surface area contributed by atoms with Crippen LogP contribution in [0, 0.1) is 0 Å². The maximum Gasteiger partial charge on any atom is 0.534 e. The molecule has 3 nitrogen and oxygen atoms in total. The molecule has 8 heteroatoms. The second-order valence-electron chi connectivity index (χ2n) is 3.02. The topological polar surface area (TPSA) is 43.4 Å². The Hall–Kier alpha value is -0.240. The van der Waals surface area contributed by atoms with E-state index in [0.717, 1.165) is 6.42 Å². The van der Waals surface area contributed by atoms with Gasteiger partial charge in [-0.3, -0.25) is 0 Å². The fraction of sp³-hybridized carbons (Fsp3) is 0.714. The Balaban J connectivity index is 2.79. The van der Waals surface area contributed by atoms with Gasteiger partial charge in [0.25, 0.3) is 0 Å². The third kappa shape index (κ3) is 3.37. The predicted octanol–water partition coefficient (Wildman–Crippen LogP) is 2.68. The fourth-order valence-corrected chi connectivity index (χ4v) is 2.23. The first kappa shape index (κ1) is 12.8. The van der Waals surface area contributed by atoms with E-state index in [1.807, 2.05) is 0 Å². The minimum atomic E-state index is -5.51. The number of alkyl halides is 4. The third-order valence-corrected chi connectivity index (χ3v) is 3.49. The molecule has 88 valence electrons. The molecule has 1 atom stereocenters. The van der Waals surface area contributed by atoms with E-state index in [4.69, 9.17) is 0 Å². The van der Waals surface area contributed by atoms with Crippen LogP contribution in [0.2, 0.25) is 0 Å². The molecule has 0 aromatic carbocycles. The molecule has 15 heavy (non-hydrogen) atoms. The van der Waals surface area contributed by atoms with E-state index in [1.165, 1.54) is 6.08 Å². The van der Waals surface area contributed by atoms with Crippen molar-refractivity contribution in [3.05, 3.63) is 11.8 Å². The number of hydrogen-bond donors (Lipinski definition) is 0. The molecule has 1 unspecified atom stereocenters. The van der Waals surface area contributed by atoms with Gasteiger partial charge < -0.3 is 4.18 Å². The number of allylic oxidation sites excluding steroid dienone is 2. The summed E-state index contributed by atoms with van der Waals surface area (Å²) >= 11 is 3.15. The summed E-state index contributed by atoms with van der Waals surface area (Å²) in [4.78, 5) is -0.135. The number of halogens is 4. The summed E-state index contributed by atoms with van der Waals surface area (Å²) in [6, 6.07) is 0. The van der Waals surface area contributed by atoms with Gasteiger partial charge in [-0.1, -0.05) is 15.9 Å². The van der Waals surface area contributed by atoms with Crippen molar-refractivity contribution in [2.24, 2.45) is 0 Å². The molecule has 1 aliphatic carbocycles. The summed E-state index contributed by atoms with van der Waals surface area (Å²) in [6.07, 6.45) is 2.89. The zero-order valence-electron chi connectivity index (χ0n) is 7.42. The minimum Gasteiger partial charge on any atom is -0.381 e. The van der Waals surface area contributed by atoms with Gasteiger partial charge in [0, 0.05) is 11.2 Å². The SMILES string of the molecule is O=S(=O)(OC1=CC(Br)CCC1)C(F)(F)F. The van der Waals surface area contributed by atoms with Gasteiger partial charge in [-0.25, -0.2) is 0 Å². The van der Waals surface area contributed by atoms with Crippen LogP contribution in [0.25, 0.3) is 0 Å². The van der Waals surface area contributed by atoms with Crippen molar-refractivity contribution >= 4 is 26.0 Å². The van der Waals surface area contributed by atoms with Crippen LogP contribution in [0.5, 0.6) is 0 Å². The third-order valence-electron chi connectivity index (χ3n) is 1.77. The molecule has 0 saturated carbocycles. The quantitative estimate of drug-likeness (QED) is 0.447. The molecule has 0 spiro atoms. The van der Waals surface area contributed by atoms with Crippen molar-refractivity contribution in [3.8, 4) is 0 Å². The molecule has 0 aliphatic heterocycles. The second-order valence-corrected chi connectivity index (χ2v) is 5.74. The summed E-state index contributed by atoms with van der Waals surface area (Å²) in [7, 11) is -5.51. The van der Waals surface area contributed by atoms with Crippen molar-refractivity contribution in [1.82, 2.24) is 0 Å². The van der Waals surface area contributed by atoms with Crippen LogP contribution in [-0.2, 0) is 14.3 Å². The van der Waals surface area contributed by atoms with Crippen LogP contribution < -0.4 is 0 Å². The lowest BCUT2D eigenvalue weighted by Crippen LogP contribution is -2.26. The normalized spacial score (nSPS) is 23.5. The molecule has 1 rings (SSSR count). The van der Waals surface area contributed by atoms with E-state index < -0.39 is 15.6 Å². The first-order valence-corrected chi connectivity index (χ1v) is 6.40. The first-order valence-electron chi connectivity index (χ1n) is 4.08. The van der Waals surface area contributed by atoms with Gasteiger partial charge in [-0.15, -0.1) is 0 Å². The van der Waals surface area contributed by atoms with E-state index in [9.17, 15) is 21.6 Å². The molecule has 0 aromatic heterocycles. The fourth-order valence-electron chi connectivity index (χ4n) is 1.10. The minimum absolute atomic E-state index is 0.135. The Morgan fingerprint density at radius 3 is 2.53 bits per heavy atom. The molecule has 0 saturated heterocycles. The summed E-state index contributed by atoms with van der Waals surface area (Å²) < 4.78 is 61.0. The van der Waals surface area contributed by atoms with E-state index in [2.05, 4.69) is 20.1 Å². The highest BCUT2D eigenvalue weighted by atomic mass is 79.9. The van der Waals surface area contributed by atoms with Crippen LogP contribution in [0.1, 0.15) is 19.3 Å². The Labute approximate surface area is 93.5 Å². The number of rotatable bonds is 2. The molecular formula is C7H8BrF3O3S. The average molecular weight is 309 g/mol. The monoisotopic (exact) mass is 308 g/mol. The van der Waals surface area contributed by atoms with Crippen LogP contribution in [0.15, 0.2) is 11.8 Å². The molecule has 0 bridgehead atoms. The Morgan fingerprint density at radius 2 is 2.07 bits per heavy atom. The Kier molecular flexibility index (Phi) is 3.70. The summed E-state index contributed by atoms with van der Waals surface area (Å²) in [5.74, 6) is -0.152. The van der Waals surface area contributed by atoms with Crippen LogP contribution in [0.4, 0.5) is 13.2 Å². The Morgan fingerprint density at radius 1 is 1.47 bits per heavy atom. The summed E-state index contributed by atoms with van der Waals surface area (Å²) in [5.41, 5.74) is -5.37. The van der Waals surface area contributed by atoms with Gasteiger partial charge in [0.2, 0.25) is 0 Å². The van der Waals surface area contributed by atoms with Gasteiger partial charge >= 0.3 is 15.6 Å². The van der Waals surface area contributed by atoms with Crippen LogP contribution in [-0.4, -0.2) is 18.8 Å². The first-order chi connectivity index (χ1) is 6.72. The molecule has 0 aromatic rings. The lowest BCUT2D eigenvalue weighted by Gasteiger charge is -2.17. The van der Waals surface area contributed by atoms with Gasteiger partial charge in [-0.2, -0.15) is 21.6 Å². The average Bonchev–Trinajstić information content (AvgIpc) is 2.00. The maximum atomic E-state index is 11.9. The van der Waals surface area contributed by atoms with Crippen molar-refractivity contribution in [2.45, 2.75) is 29.6 Å². The molecular weight excluding hydrogens is 301 g/mol. The molecule has 0 radical (unpaired) electrons. The second kappa shape index (κ2) is 4.32. The molecule has 0 heterocycles. The van der Waals surface area contributed by atoms with E-state index in [0.29, 0.717) is 6.42 Å². The van der Waals surface area contributed by atoms with E-state index in [-0.39, 0.29) is 17.0 Å². The standard InChI is InChI=1S/C7H8BrF3O3S/c8-5-2-1-3-6(4-5)14-15(12,13)7(9,10)11/h4-5H,1-3H2. The molecule has 0 amide bonds. The maximum absolute atomic E-state index is 11.9. The molecule has 0 fully saturated rings. The zero-order valence-corrected chi connectivity index (χ0v) is 9.82. The zero-order chi connectivity index (χ0) is 11.7. The molecule has 0 N–H and O–H groups in total. The van der Waals surface area contributed by atoms with Crippen molar-refractivity contribution in [3.63, 3.8) is 0 Å². The lowest BCUT2D eigenvalue weighted by molar-refractivity contribution is -0.0524. The van der Waals surface area contributed by atoms with Crippen molar-refractivity contribution < 1.29 is 25.8 Å². The van der Waals surface area contributed by atoms with Gasteiger partial charge in [0.1, 0.15) is 5.76 Å². The highest BCUT2D eigenvalue weighted by Crippen LogP contribution is 2.30. The predicted molar refractivity (Wildman–Crippen MR) is 50.7 cm³/mol.